The van der Waals surface area contributed by atoms with Gasteiger partial charge in [0.1, 0.15) is 25.7 Å². The van der Waals surface area contributed by atoms with Crippen LogP contribution in [0.5, 0.6) is 0 Å². The maximum Gasteiger partial charge on any atom is 0.518 e. The molecule has 0 spiro atoms. The molecule has 2 heterocycles. The second kappa shape index (κ2) is 5.43. The Labute approximate surface area is 105 Å². The molecule has 0 fully saturated rings. The third-order valence-corrected chi connectivity index (χ3v) is 3.08. The van der Waals surface area contributed by atoms with Crippen LogP contribution in [0, 0.1) is 0 Å². The summed E-state index contributed by atoms with van der Waals surface area (Å²) in [6.45, 7) is 0.701. The molecule has 0 aliphatic carbocycles. The lowest BCUT2D eigenvalue weighted by atomic mass is 10.6. The highest BCUT2D eigenvalue weighted by atomic mass is 31.2. The Hall–Kier alpha value is -1.83. The van der Waals surface area contributed by atoms with Gasteiger partial charge in [0.05, 0.1) is 0 Å². The molecular formula is C9H9O9P. The van der Waals surface area contributed by atoms with Gasteiger partial charge in [-0.25, -0.2) is 9.59 Å². The molecule has 104 valence electrons. The lowest BCUT2D eigenvalue weighted by Gasteiger charge is -2.11. The molecule has 0 aliphatic heterocycles. The van der Waals surface area contributed by atoms with E-state index in [4.69, 9.17) is 9.05 Å². The van der Waals surface area contributed by atoms with Crippen molar-refractivity contribution in [3.63, 3.8) is 0 Å². The highest BCUT2D eigenvalue weighted by Gasteiger charge is 2.19. The second-order valence-electron chi connectivity index (χ2n) is 3.43. The van der Waals surface area contributed by atoms with Crippen molar-refractivity contribution in [2.45, 2.75) is 13.2 Å². The van der Waals surface area contributed by atoms with Crippen molar-refractivity contribution in [2.75, 3.05) is 6.66 Å². The zero-order chi connectivity index (χ0) is 13.9. The highest BCUT2D eigenvalue weighted by Crippen LogP contribution is 2.45. The molecule has 2 aromatic heterocycles. The van der Waals surface area contributed by atoms with E-state index in [0.717, 1.165) is 12.5 Å². The molecule has 0 N–H and O–H groups in total. The van der Waals surface area contributed by atoms with E-state index in [2.05, 4.69) is 17.7 Å². The van der Waals surface area contributed by atoms with Crippen LogP contribution in [0.2, 0.25) is 0 Å². The summed E-state index contributed by atoms with van der Waals surface area (Å²) in [5, 5.41) is 0. The highest BCUT2D eigenvalue weighted by molar-refractivity contribution is 7.52. The van der Waals surface area contributed by atoms with Crippen LogP contribution in [-0.2, 0) is 26.8 Å². The third-order valence-electron chi connectivity index (χ3n) is 1.88. The van der Waals surface area contributed by atoms with Gasteiger partial charge in [0.15, 0.2) is 11.5 Å². The molecule has 0 bridgehead atoms. The maximum absolute atomic E-state index is 11.8. The summed E-state index contributed by atoms with van der Waals surface area (Å²) in [7, 11) is -3.41. The van der Waals surface area contributed by atoms with Crippen molar-refractivity contribution >= 4 is 7.60 Å². The Kier molecular flexibility index (Phi) is 3.89. The van der Waals surface area contributed by atoms with Gasteiger partial charge in [0.25, 0.3) is 0 Å². The van der Waals surface area contributed by atoms with E-state index >= 15 is 0 Å². The van der Waals surface area contributed by atoms with Crippen LogP contribution in [-0.4, -0.2) is 6.66 Å². The smallest absolute Gasteiger partial charge is 0.399 e. The molecule has 2 aromatic rings. The minimum atomic E-state index is -3.41. The first-order chi connectivity index (χ1) is 8.94. The summed E-state index contributed by atoms with van der Waals surface area (Å²) in [6, 6.07) is 0. The maximum atomic E-state index is 11.8. The molecule has 0 atom stereocenters. The van der Waals surface area contributed by atoms with Gasteiger partial charge < -0.3 is 26.7 Å². The molecule has 2 rings (SSSR count). The van der Waals surface area contributed by atoms with Crippen molar-refractivity contribution < 1.29 is 31.3 Å². The summed E-state index contributed by atoms with van der Waals surface area (Å²) in [5.41, 5.74) is 0. The first-order valence-corrected chi connectivity index (χ1v) is 6.95. The van der Waals surface area contributed by atoms with Gasteiger partial charge in [-0.05, 0) is 0 Å². The average Bonchev–Trinajstić information content (AvgIpc) is 2.93. The lowest BCUT2D eigenvalue weighted by molar-refractivity contribution is 0.172. The largest absolute Gasteiger partial charge is 0.518 e. The van der Waals surface area contributed by atoms with Gasteiger partial charge in [-0.2, -0.15) is 0 Å². The molecular weight excluding hydrogens is 283 g/mol. The molecule has 0 amide bonds. The molecule has 0 aromatic carbocycles. The first-order valence-electron chi connectivity index (χ1n) is 4.96. The Morgan fingerprint density at radius 1 is 1.00 bits per heavy atom. The number of rotatable bonds is 6. The lowest BCUT2D eigenvalue weighted by Crippen LogP contribution is -1.96. The Morgan fingerprint density at radius 2 is 1.42 bits per heavy atom. The predicted octanol–water partition coefficient (Wildman–Crippen LogP) is 1.34. The van der Waals surface area contributed by atoms with E-state index in [1.165, 1.54) is 6.66 Å². The fourth-order valence-corrected chi connectivity index (χ4v) is 1.86. The van der Waals surface area contributed by atoms with Gasteiger partial charge >= 0.3 is 19.2 Å². The van der Waals surface area contributed by atoms with Crippen LogP contribution in [0.25, 0.3) is 0 Å². The van der Waals surface area contributed by atoms with Crippen molar-refractivity contribution in [1.29, 1.82) is 0 Å². The van der Waals surface area contributed by atoms with E-state index in [-0.39, 0.29) is 24.7 Å². The van der Waals surface area contributed by atoms with E-state index < -0.39 is 19.2 Å². The van der Waals surface area contributed by atoms with Gasteiger partial charge in [-0.3, -0.25) is 4.57 Å². The molecule has 0 radical (unpaired) electrons. The second-order valence-corrected chi connectivity index (χ2v) is 5.49. The third kappa shape index (κ3) is 4.09. The molecule has 0 aliphatic rings. The first kappa shape index (κ1) is 13.6. The Morgan fingerprint density at radius 3 is 1.74 bits per heavy atom. The molecule has 9 nitrogen and oxygen atoms in total. The summed E-state index contributed by atoms with van der Waals surface area (Å²) < 4.78 is 39.6. The predicted molar refractivity (Wildman–Crippen MR) is 57.6 cm³/mol. The van der Waals surface area contributed by atoms with Gasteiger partial charge in [-0.15, -0.1) is 0 Å². The van der Waals surface area contributed by atoms with E-state index in [1.54, 1.807) is 0 Å². The van der Waals surface area contributed by atoms with Crippen LogP contribution in [0.1, 0.15) is 11.5 Å². The number of hydrogen-bond acceptors (Lipinski definition) is 9. The van der Waals surface area contributed by atoms with E-state index in [0.29, 0.717) is 0 Å². The van der Waals surface area contributed by atoms with Crippen molar-refractivity contribution in [3.05, 3.63) is 45.3 Å². The van der Waals surface area contributed by atoms with Gasteiger partial charge in [-0.1, -0.05) is 0 Å². The van der Waals surface area contributed by atoms with Crippen molar-refractivity contribution in [3.8, 4) is 0 Å². The zero-order valence-corrected chi connectivity index (χ0v) is 10.6. The summed E-state index contributed by atoms with van der Waals surface area (Å²) in [5.74, 6) is -1.62. The van der Waals surface area contributed by atoms with Crippen LogP contribution in [0.15, 0.2) is 39.8 Å². The van der Waals surface area contributed by atoms with E-state index in [9.17, 15) is 14.2 Å². The molecule has 0 saturated heterocycles. The SMILES string of the molecule is CP(=O)(OCc1coc(=O)o1)OCc1coc(=O)o1. The van der Waals surface area contributed by atoms with Crippen LogP contribution in [0.4, 0.5) is 0 Å². The average molecular weight is 292 g/mol. The minimum absolute atomic E-state index is 0.0746. The molecule has 10 heteroatoms. The standard InChI is InChI=1S/C9H9O9P/c1-19(12,15-4-6-2-13-8(10)17-6)16-5-7-3-14-9(11)18-7/h2-3H,4-5H2,1H3. The van der Waals surface area contributed by atoms with Gasteiger partial charge in [0.2, 0.25) is 0 Å². The summed E-state index contributed by atoms with van der Waals surface area (Å²) in [6.07, 6.45) is 2.08. The Balaban J connectivity index is 1.86. The molecule has 19 heavy (non-hydrogen) atoms. The van der Waals surface area contributed by atoms with Crippen molar-refractivity contribution in [1.82, 2.24) is 0 Å². The van der Waals surface area contributed by atoms with Crippen LogP contribution in [0.3, 0.4) is 0 Å². The zero-order valence-electron chi connectivity index (χ0n) is 9.69. The monoisotopic (exact) mass is 292 g/mol. The molecule has 0 unspecified atom stereocenters. The van der Waals surface area contributed by atoms with E-state index in [1.807, 2.05) is 0 Å². The summed E-state index contributed by atoms with van der Waals surface area (Å²) >= 11 is 0. The minimum Gasteiger partial charge on any atom is -0.399 e. The topological polar surface area (TPSA) is 122 Å². The van der Waals surface area contributed by atoms with Crippen LogP contribution >= 0.6 is 7.60 Å². The van der Waals surface area contributed by atoms with Crippen molar-refractivity contribution in [2.24, 2.45) is 0 Å². The fraction of sp³-hybridized carbons (Fsp3) is 0.333. The Bertz CT molecular complexity index is 630. The fourth-order valence-electron chi connectivity index (χ4n) is 1.06. The van der Waals surface area contributed by atoms with Crippen LogP contribution < -0.4 is 11.6 Å². The summed E-state index contributed by atoms with van der Waals surface area (Å²) in [4.78, 5) is 21.2. The van der Waals surface area contributed by atoms with Gasteiger partial charge in [0, 0.05) is 6.66 Å². The quantitative estimate of drug-likeness (QED) is 0.725. The number of hydrogen-bond donors (Lipinski definition) is 0. The normalized spacial score (nSPS) is 11.8. The molecule has 0 saturated carbocycles.